The molecule has 1 aliphatic carbocycles. The van der Waals surface area contributed by atoms with Crippen molar-refractivity contribution in [1.82, 2.24) is 5.32 Å². The molecule has 66 valence electrons. The van der Waals surface area contributed by atoms with Crippen LogP contribution in [0.1, 0.15) is 40.0 Å². The average molecular weight is 155 g/mol. The SMILES string of the molecule is CNC1CCC(C)(C(C)C)C1. The minimum Gasteiger partial charge on any atom is -0.317 e. The molecule has 0 bridgehead atoms. The summed E-state index contributed by atoms with van der Waals surface area (Å²) in [5.41, 5.74) is 0.605. The zero-order chi connectivity index (χ0) is 8.48. The quantitative estimate of drug-likeness (QED) is 0.645. The summed E-state index contributed by atoms with van der Waals surface area (Å²) in [4.78, 5) is 0. The summed E-state index contributed by atoms with van der Waals surface area (Å²) in [6, 6.07) is 0.780. The Balaban J connectivity index is 2.50. The molecule has 2 unspecified atom stereocenters. The first kappa shape index (κ1) is 9.05. The van der Waals surface area contributed by atoms with E-state index in [9.17, 15) is 0 Å². The lowest BCUT2D eigenvalue weighted by molar-refractivity contribution is 0.222. The molecule has 0 aromatic heterocycles. The van der Waals surface area contributed by atoms with Crippen molar-refractivity contribution < 1.29 is 0 Å². The highest BCUT2D eigenvalue weighted by Crippen LogP contribution is 2.43. The summed E-state index contributed by atoms with van der Waals surface area (Å²) in [5, 5.41) is 3.37. The maximum Gasteiger partial charge on any atom is 0.00695 e. The molecule has 0 aromatic rings. The van der Waals surface area contributed by atoms with Gasteiger partial charge in [-0.1, -0.05) is 20.8 Å². The molecule has 0 radical (unpaired) electrons. The number of nitrogens with one attached hydrogen (secondary N) is 1. The van der Waals surface area contributed by atoms with E-state index in [0.29, 0.717) is 5.41 Å². The third-order valence-corrected chi connectivity index (χ3v) is 3.58. The summed E-state index contributed by atoms with van der Waals surface area (Å²) in [6.45, 7) is 7.12. The number of hydrogen-bond acceptors (Lipinski definition) is 1. The van der Waals surface area contributed by atoms with Gasteiger partial charge in [-0.05, 0) is 37.6 Å². The maximum absolute atomic E-state index is 3.37. The molecule has 0 spiro atoms. The lowest BCUT2D eigenvalue weighted by Gasteiger charge is -2.28. The molecule has 0 aliphatic heterocycles. The Morgan fingerprint density at radius 2 is 2.09 bits per heavy atom. The molecule has 1 N–H and O–H groups in total. The number of hydrogen-bond donors (Lipinski definition) is 1. The van der Waals surface area contributed by atoms with E-state index >= 15 is 0 Å². The van der Waals surface area contributed by atoms with Gasteiger partial charge in [0.05, 0.1) is 0 Å². The van der Waals surface area contributed by atoms with Gasteiger partial charge in [-0.25, -0.2) is 0 Å². The van der Waals surface area contributed by atoms with Crippen LogP contribution < -0.4 is 5.32 Å². The molecular weight excluding hydrogens is 134 g/mol. The molecule has 11 heavy (non-hydrogen) atoms. The summed E-state index contributed by atoms with van der Waals surface area (Å²) in [7, 11) is 2.08. The van der Waals surface area contributed by atoms with Crippen LogP contribution in [0.3, 0.4) is 0 Å². The first-order valence-electron chi connectivity index (χ1n) is 4.76. The van der Waals surface area contributed by atoms with Gasteiger partial charge >= 0.3 is 0 Å². The van der Waals surface area contributed by atoms with Crippen molar-refractivity contribution >= 4 is 0 Å². The van der Waals surface area contributed by atoms with Crippen LogP contribution in [0.5, 0.6) is 0 Å². The second-order valence-corrected chi connectivity index (χ2v) is 4.54. The van der Waals surface area contributed by atoms with Crippen molar-refractivity contribution in [3.63, 3.8) is 0 Å². The molecule has 1 aliphatic rings. The van der Waals surface area contributed by atoms with Crippen molar-refractivity contribution in [2.24, 2.45) is 11.3 Å². The Hall–Kier alpha value is -0.0400. The van der Waals surface area contributed by atoms with Gasteiger partial charge in [0, 0.05) is 6.04 Å². The Kier molecular flexibility index (Phi) is 2.58. The summed E-state index contributed by atoms with van der Waals surface area (Å²) in [6.07, 6.45) is 4.13. The van der Waals surface area contributed by atoms with E-state index in [1.54, 1.807) is 0 Å². The van der Waals surface area contributed by atoms with Gasteiger partial charge in [0.1, 0.15) is 0 Å². The van der Waals surface area contributed by atoms with Gasteiger partial charge in [-0.15, -0.1) is 0 Å². The second-order valence-electron chi connectivity index (χ2n) is 4.54. The minimum absolute atomic E-state index is 0.605. The van der Waals surface area contributed by atoms with Gasteiger partial charge in [-0.2, -0.15) is 0 Å². The van der Waals surface area contributed by atoms with Gasteiger partial charge in [-0.3, -0.25) is 0 Å². The third-order valence-electron chi connectivity index (χ3n) is 3.58. The Morgan fingerprint density at radius 1 is 1.45 bits per heavy atom. The van der Waals surface area contributed by atoms with Crippen LogP contribution in [0, 0.1) is 11.3 Å². The molecule has 2 atom stereocenters. The van der Waals surface area contributed by atoms with E-state index in [1.807, 2.05) is 0 Å². The second kappa shape index (κ2) is 3.14. The largest absolute Gasteiger partial charge is 0.317 e. The Bertz CT molecular complexity index is 131. The van der Waals surface area contributed by atoms with E-state index in [-0.39, 0.29) is 0 Å². The van der Waals surface area contributed by atoms with E-state index in [2.05, 4.69) is 33.1 Å². The fourth-order valence-electron chi connectivity index (χ4n) is 2.04. The highest BCUT2D eigenvalue weighted by atomic mass is 14.9. The van der Waals surface area contributed by atoms with Crippen LogP contribution in [0.2, 0.25) is 0 Å². The fraction of sp³-hybridized carbons (Fsp3) is 1.00. The zero-order valence-corrected chi connectivity index (χ0v) is 8.28. The van der Waals surface area contributed by atoms with Crippen molar-refractivity contribution in [2.45, 2.75) is 46.1 Å². The Labute approximate surface area is 70.6 Å². The highest BCUT2D eigenvalue weighted by molar-refractivity contribution is 4.90. The average Bonchev–Trinajstić information content (AvgIpc) is 2.33. The van der Waals surface area contributed by atoms with E-state index in [0.717, 1.165) is 12.0 Å². The molecular formula is C10H21N. The zero-order valence-electron chi connectivity index (χ0n) is 8.28. The summed E-state index contributed by atoms with van der Waals surface area (Å²) < 4.78 is 0. The van der Waals surface area contributed by atoms with Crippen molar-refractivity contribution in [1.29, 1.82) is 0 Å². The van der Waals surface area contributed by atoms with Crippen molar-refractivity contribution in [3.8, 4) is 0 Å². The molecule has 0 amide bonds. The van der Waals surface area contributed by atoms with Gasteiger partial charge in [0.2, 0.25) is 0 Å². The first-order valence-corrected chi connectivity index (χ1v) is 4.76. The Morgan fingerprint density at radius 3 is 2.36 bits per heavy atom. The summed E-state index contributed by atoms with van der Waals surface area (Å²) >= 11 is 0. The van der Waals surface area contributed by atoms with Crippen LogP contribution in [0.25, 0.3) is 0 Å². The molecule has 1 heteroatoms. The predicted octanol–water partition coefficient (Wildman–Crippen LogP) is 2.42. The monoisotopic (exact) mass is 155 g/mol. The molecule has 0 saturated heterocycles. The van der Waals surface area contributed by atoms with E-state index < -0.39 is 0 Å². The van der Waals surface area contributed by atoms with Crippen molar-refractivity contribution in [3.05, 3.63) is 0 Å². The van der Waals surface area contributed by atoms with Crippen LogP contribution >= 0.6 is 0 Å². The smallest absolute Gasteiger partial charge is 0.00695 e. The predicted molar refractivity (Wildman–Crippen MR) is 49.6 cm³/mol. The molecule has 1 nitrogen and oxygen atoms in total. The minimum atomic E-state index is 0.605. The van der Waals surface area contributed by atoms with Gasteiger partial charge < -0.3 is 5.32 Å². The maximum atomic E-state index is 3.37. The van der Waals surface area contributed by atoms with Crippen LogP contribution in [0.4, 0.5) is 0 Å². The molecule has 1 fully saturated rings. The molecule has 0 aromatic carbocycles. The third kappa shape index (κ3) is 1.76. The van der Waals surface area contributed by atoms with E-state index in [1.165, 1.54) is 19.3 Å². The normalized spacial score (nSPS) is 38.5. The summed E-state index contributed by atoms with van der Waals surface area (Å²) in [5.74, 6) is 0.834. The molecule has 0 heterocycles. The van der Waals surface area contributed by atoms with Crippen molar-refractivity contribution in [2.75, 3.05) is 7.05 Å². The molecule has 1 saturated carbocycles. The molecule has 1 rings (SSSR count). The van der Waals surface area contributed by atoms with Crippen LogP contribution in [0.15, 0.2) is 0 Å². The van der Waals surface area contributed by atoms with Gasteiger partial charge in [0.15, 0.2) is 0 Å². The highest BCUT2D eigenvalue weighted by Gasteiger charge is 2.36. The fourth-order valence-corrected chi connectivity index (χ4v) is 2.04. The topological polar surface area (TPSA) is 12.0 Å². The lowest BCUT2D eigenvalue weighted by Crippen LogP contribution is -2.26. The van der Waals surface area contributed by atoms with Crippen LogP contribution in [-0.2, 0) is 0 Å². The lowest BCUT2D eigenvalue weighted by atomic mass is 9.78. The standard InChI is InChI=1S/C10H21N/c1-8(2)10(3)6-5-9(7-10)11-4/h8-9,11H,5-7H2,1-4H3. The van der Waals surface area contributed by atoms with E-state index in [4.69, 9.17) is 0 Å². The van der Waals surface area contributed by atoms with Gasteiger partial charge in [0.25, 0.3) is 0 Å². The number of rotatable bonds is 2. The first-order chi connectivity index (χ1) is 5.08. The van der Waals surface area contributed by atoms with Crippen LogP contribution in [-0.4, -0.2) is 13.1 Å².